The summed E-state index contributed by atoms with van der Waals surface area (Å²) in [5, 5.41) is 12.9. The number of hydrogen-bond donors (Lipinski definition) is 2. The molecule has 0 amide bonds. The Balaban J connectivity index is 2.40. The molecule has 0 bridgehead atoms. The standard InChI is InChI=1S/C17H29NO2/c1-5-11-18-17(4,13-19)10-7-12-20-16-14(2)8-6-9-15(16)3/h6,8-9,18-19H,5,7,10-13H2,1-4H3. The number of benzene rings is 1. The van der Waals surface area contributed by atoms with Crippen molar-refractivity contribution in [2.24, 2.45) is 0 Å². The van der Waals surface area contributed by atoms with Crippen LogP contribution < -0.4 is 10.1 Å². The molecule has 20 heavy (non-hydrogen) atoms. The van der Waals surface area contributed by atoms with Crippen molar-refractivity contribution in [2.45, 2.75) is 52.5 Å². The molecule has 0 saturated heterocycles. The van der Waals surface area contributed by atoms with Crippen LogP contribution >= 0.6 is 0 Å². The van der Waals surface area contributed by atoms with Gasteiger partial charge in [0.2, 0.25) is 0 Å². The lowest BCUT2D eigenvalue weighted by atomic mass is 9.97. The normalized spacial score (nSPS) is 14.1. The van der Waals surface area contributed by atoms with Crippen LogP contribution in [-0.2, 0) is 0 Å². The van der Waals surface area contributed by atoms with E-state index in [2.05, 4.69) is 51.2 Å². The minimum atomic E-state index is -0.194. The fraction of sp³-hybridized carbons (Fsp3) is 0.647. The molecule has 0 fully saturated rings. The summed E-state index contributed by atoms with van der Waals surface area (Å²) in [4.78, 5) is 0. The molecule has 3 nitrogen and oxygen atoms in total. The number of para-hydroxylation sites is 1. The van der Waals surface area contributed by atoms with Crippen molar-refractivity contribution in [1.82, 2.24) is 5.32 Å². The van der Waals surface area contributed by atoms with Gasteiger partial charge in [-0.15, -0.1) is 0 Å². The fourth-order valence-corrected chi connectivity index (χ4v) is 2.31. The van der Waals surface area contributed by atoms with Crippen molar-refractivity contribution < 1.29 is 9.84 Å². The van der Waals surface area contributed by atoms with Gasteiger partial charge in [0.15, 0.2) is 0 Å². The van der Waals surface area contributed by atoms with Crippen molar-refractivity contribution in [3.8, 4) is 5.75 Å². The maximum Gasteiger partial charge on any atom is 0.125 e. The van der Waals surface area contributed by atoms with Crippen molar-refractivity contribution in [3.05, 3.63) is 29.3 Å². The zero-order chi connectivity index (χ0) is 15.0. The topological polar surface area (TPSA) is 41.5 Å². The van der Waals surface area contributed by atoms with Gasteiger partial charge in [0.1, 0.15) is 5.75 Å². The molecular weight excluding hydrogens is 250 g/mol. The van der Waals surface area contributed by atoms with Gasteiger partial charge in [-0.3, -0.25) is 0 Å². The Bertz CT molecular complexity index is 386. The number of aliphatic hydroxyl groups is 1. The van der Waals surface area contributed by atoms with E-state index >= 15 is 0 Å². The Morgan fingerprint density at radius 1 is 1.25 bits per heavy atom. The SMILES string of the molecule is CCCNC(C)(CO)CCCOc1c(C)cccc1C. The summed E-state index contributed by atoms with van der Waals surface area (Å²) in [5.41, 5.74) is 2.17. The van der Waals surface area contributed by atoms with E-state index in [0.717, 1.165) is 31.6 Å². The predicted octanol–water partition coefficient (Wildman–Crippen LogP) is 3.21. The van der Waals surface area contributed by atoms with Gasteiger partial charge in [-0.05, 0) is 57.7 Å². The minimum Gasteiger partial charge on any atom is -0.493 e. The van der Waals surface area contributed by atoms with E-state index in [-0.39, 0.29) is 12.1 Å². The first-order chi connectivity index (χ1) is 9.52. The van der Waals surface area contributed by atoms with Crippen LogP contribution in [0.3, 0.4) is 0 Å². The molecule has 1 unspecified atom stereocenters. The van der Waals surface area contributed by atoms with Gasteiger partial charge < -0.3 is 15.2 Å². The van der Waals surface area contributed by atoms with Crippen LogP contribution in [0.5, 0.6) is 5.75 Å². The number of rotatable bonds is 9. The predicted molar refractivity (Wildman–Crippen MR) is 84.4 cm³/mol. The Morgan fingerprint density at radius 2 is 1.90 bits per heavy atom. The number of ether oxygens (including phenoxy) is 1. The summed E-state index contributed by atoms with van der Waals surface area (Å²) in [7, 11) is 0. The third kappa shape index (κ3) is 5.14. The van der Waals surface area contributed by atoms with Gasteiger partial charge in [-0.25, -0.2) is 0 Å². The van der Waals surface area contributed by atoms with Crippen LogP contribution in [0.1, 0.15) is 44.2 Å². The van der Waals surface area contributed by atoms with E-state index in [1.807, 2.05) is 0 Å². The van der Waals surface area contributed by atoms with Crippen LogP contribution in [0.15, 0.2) is 18.2 Å². The van der Waals surface area contributed by atoms with Crippen molar-refractivity contribution in [2.75, 3.05) is 19.8 Å². The van der Waals surface area contributed by atoms with Crippen LogP contribution in [-0.4, -0.2) is 30.4 Å². The van der Waals surface area contributed by atoms with Crippen LogP contribution in [0.4, 0.5) is 0 Å². The molecule has 0 saturated carbocycles. The summed E-state index contributed by atoms with van der Waals surface area (Å²) in [6.45, 7) is 10.1. The van der Waals surface area contributed by atoms with Gasteiger partial charge in [-0.2, -0.15) is 0 Å². The van der Waals surface area contributed by atoms with E-state index < -0.39 is 0 Å². The largest absolute Gasteiger partial charge is 0.493 e. The second-order valence-electron chi connectivity index (χ2n) is 5.82. The van der Waals surface area contributed by atoms with E-state index in [0.29, 0.717) is 6.61 Å². The molecule has 0 aromatic heterocycles. The quantitative estimate of drug-likeness (QED) is 0.682. The Kier molecular flexibility index (Phi) is 7.03. The first-order valence-electron chi connectivity index (χ1n) is 7.57. The Hall–Kier alpha value is -1.06. The summed E-state index contributed by atoms with van der Waals surface area (Å²) >= 11 is 0. The smallest absolute Gasteiger partial charge is 0.125 e. The second kappa shape index (κ2) is 8.28. The van der Waals surface area contributed by atoms with E-state index in [1.54, 1.807) is 0 Å². The maximum atomic E-state index is 9.51. The summed E-state index contributed by atoms with van der Waals surface area (Å²) in [6, 6.07) is 6.20. The Labute approximate surface area is 123 Å². The average molecular weight is 279 g/mol. The molecule has 0 aliphatic carbocycles. The van der Waals surface area contributed by atoms with E-state index in [4.69, 9.17) is 4.74 Å². The Morgan fingerprint density at radius 3 is 2.45 bits per heavy atom. The maximum absolute atomic E-state index is 9.51. The molecule has 0 aliphatic rings. The molecular formula is C17H29NO2. The molecule has 0 radical (unpaired) electrons. The fourth-order valence-electron chi connectivity index (χ4n) is 2.31. The van der Waals surface area contributed by atoms with Crippen molar-refractivity contribution >= 4 is 0 Å². The monoisotopic (exact) mass is 279 g/mol. The lowest BCUT2D eigenvalue weighted by molar-refractivity contribution is 0.156. The van der Waals surface area contributed by atoms with E-state index in [1.165, 1.54) is 11.1 Å². The third-order valence-corrected chi connectivity index (χ3v) is 3.68. The number of hydrogen-bond acceptors (Lipinski definition) is 3. The van der Waals surface area contributed by atoms with Crippen molar-refractivity contribution in [3.63, 3.8) is 0 Å². The highest BCUT2D eigenvalue weighted by Crippen LogP contribution is 2.23. The highest BCUT2D eigenvalue weighted by Gasteiger charge is 2.21. The molecule has 0 aliphatic heterocycles. The van der Waals surface area contributed by atoms with Gasteiger partial charge in [0.25, 0.3) is 0 Å². The molecule has 0 spiro atoms. The van der Waals surface area contributed by atoms with Gasteiger partial charge in [0.05, 0.1) is 13.2 Å². The highest BCUT2D eigenvalue weighted by molar-refractivity contribution is 5.39. The van der Waals surface area contributed by atoms with E-state index in [9.17, 15) is 5.11 Å². The molecule has 1 aromatic carbocycles. The van der Waals surface area contributed by atoms with Crippen LogP contribution in [0.25, 0.3) is 0 Å². The molecule has 0 heterocycles. The molecule has 3 heteroatoms. The van der Waals surface area contributed by atoms with Crippen LogP contribution in [0.2, 0.25) is 0 Å². The van der Waals surface area contributed by atoms with Crippen LogP contribution in [0, 0.1) is 13.8 Å². The first-order valence-corrected chi connectivity index (χ1v) is 7.57. The molecule has 1 atom stereocenters. The third-order valence-electron chi connectivity index (χ3n) is 3.68. The highest BCUT2D eigenvalue weighted by atomic mass is 16.5. The number of aryl methyl sites for hydroxylation is 2. The summed E-state index contributed by atoms with van der Waals surface area (Å²) in [5.74, 6) is 1.000. The summed E-state index contributed by atoms with van der Waals surface area (Å²) < 4.78 is 5.90. The lowest BCUT2D eigenvalue weighted by Crippen LogP contribution is -2.46. The molecule has 1 rings (SSSR count). The average Bonchev–Trinajstić information content (AvgIpc) is 2.44. The summed E-state index contributed by atoms with van der Waals surface area (Å²) in [6.07, 6.45) is 2.92. The first kappa shape index (κ1) is 17.0. The van der Waals surface area contributed by atoms with Crippen molar-refractivity contribution in [1.29, 1.82) is 0 Å². The van der Waals surface area contributed by atoms with Gasteiger partial charge in [0, 0.05) is 5.54 Å². The molecule has 2 N–H and O–H groups in total. The zero-order valence-corrected chi connectivity index (χ0v) is 13.3. The zero-order valence-electron chi connectivity index (χ0n) is 13.3. The second-order valence-corrected chi connectivity index (χ2v) is 5.82. The number of nitrogens with one attached hydrogen (secondary N) is 1. The van der Waals surface area contributed by atoms with Gasteiger partial charge in [-0.1, -0.05) is 25.1 Å². The lowest BCUT2D eigenvalue weighted by Gasteiger charge is -2.29. The minimum absolute atomic E-state index is 0.163. The molecule has 1 aromatic rings. The molecule has 114 valence electrons. The number of aliphatic hydroxyl groups excluding tert-OH is 1. The van der Waals surface area contributed by atoms with Gasteiger partial charge >= 0.3 is 0 Å².